The van der Waals surface area contributed by atoms with E-state index < -0.39 is 5.60 Å². The fourth-order valence-corrected chi connectivity index (χ4v) is 1.93. The summed E-state index contributed by atoms with van der Waals surface area (Å²) in [4.78, 5) is 12.1. The Morgan fingerprint density at radius 1 is 1.14 bits per heavy atom. The second-order valence-electron chi connectivity index (χ2n) is 7.05. The lowest BCUT2D eigenvalue weighted by Crippen LogP contribution is -2.42. The van der Waals surface area contributed by atoms with Crippen molar-refractivity contribution in [2.45, 2.75) is 59.2 Å². The summed E-state index contributed by atoms with van der Waals surface area (Å²) < 4.78 is 5.37. The summed E-state index contributed by atoms with van der Waals surface area (Å²) in [5, 5.41) is 6.44. The topological polar surface area (TPSA) is 50.4 Å². The molecule has 0 heterocycles. The summed E-state index contributed by atoms with van der Waals surface area (Å²) in [5.41, 5.74) is 0.570. The number of rotatable bonds is 6. The molecule has 1 aromatic carbocycles. The van der Waals surface area contributed by atoms with E-state index in [-0.39, 0.29) is 12.1 Å². The van der Waals surface area contributed by atoms with Crippen LogP contribution in [0.2, 0.25) is 0 Å². The minimum Gasteiger partial charge on any atom is -0.444 e. The predicted octanol–water partition coefficient (Wildman–Crippen LogP) is 3.89. The van der Waals surface area contributed by atoms with Crippen molar-refractivity contribution in [3.05, 3.63) is 35.9 Å². The first-order valence-corrected chi connectivity index (χ1v) is 7.97. The molecule has 0 bridgehead atoms. The van der Waals surface area contributed by atoms with Crippen molar-refractivity contribution in [1.82, 2.24) is 10.6 Å². The molecule has 22 heavy (non-hydrogen) atoms. The van der Waals surface area contributed by atoms with E-state index in [1.807, 2.05) is 51.1 Å². The summed E-state index contributed by atoms with van der Waals surface area (Å²) in [7, 11) is 0. The van der Waals surface area contributed by atoms with Crippen molar-refractivity contribution in [3.8, 4) is 0 Å². The second-order valence-corrected chi connectivity index (χ2v) is 7.05. The van der Waals surface area contributed by atoms with Crippen molar-refractivity contribution in [3.63, 3.8) is 0 Å². The van der Waals surface area contributed by atoms with Gasteiger partial charge < -0.3 is 15.4 Å². The van der Waals surface area contributed by atoms with Crippen molar-refractivity contribution >= 4 is 6.09 Å². The maximum Gasteiger partial charge on any atom is 0.408 e. The highest BCUT2D eigenvalue weighted by atomic mass is 16.6. The Morgan fingerprint density at radius 2 is 1.73 bits per heavy atom. The van der Waals surface area contributed by atoms with E-state index in [4.69, 9.17) is 4.74 Å². The third-order valence-electron chi connectivity index (χ3n) is 3.54. The number of ether oxygens (including phenoxy) is 1. The van der Waals surface area contributed by atoms with Gasteiger partial charge in [0.05, 0.1) is 6.04 Å². The van der Waals surface area contributed by atoms with E-state index >= 15 is 0 Å². The molecule has 0 aliphatic rings. The highest BCUT2D eigenvalue weighted by molar-refractivity contribution is 5.68. The fourth-order valence-electron chi connectivity index (χ4n) is 1.93. The van der Waals surface area contributed by atoms with E-state index in [2.05, 4.69) is 31.4 Å². The SMILES string of the molecule is CC(C)C(C)NCC(NC(=O)OC(C)(C)C)c1ccccc1. The summed E-state index contributed by atoms with van der Waals surface area (Å²) >= 11 is 0. The van der Waals surface area contributed by atoms with Gasteiger partial charge in [0.25, 0.3) is 0 Å². The molecule has 0 aromatic heterocycles. The molecule has 0 fully saturated rings. The summed E-state index contributed by atoms with van der Waals surface area (Å²) in [6, 6.07) is 10.2. The van der Waals surface area contributed by atoms with Crippen LogP contribution in [0.4, 0.5) is 4.79 Å². The Labute approximate surface area is 134 Å². The van der Waals surface area contributed by atoms with E-state index in [1.165, 1.54) is 0 Å². The number of carbonyl (C=O) groups is 1. The number of carbonyl (C=O) groups excluding carboxylic acids is 1. The average molecular weight is 306 g/mol. The molecule has 2 unspecified atom stereocenters. The van der Waals surface area contributed by atoms with Gasteiger partial charge in [-0.2, -0.15) is 0 Å². The molecule has 0 saturated heterocycles. The zero-order valence-corrected chi connectivity index (χ0v) is 14.6. The van der Waals surface area contributed by atoms with Crippen molar-refractivity contribution in [2.75, 3.05) is 6.54 Å². The first-order chi connectivity index (χ1) is 10.2. The van der Waals surface area contributed by atoms with Crippen molar-refractivity contribution in [1.29, 1.82) is 0 Å². The number of amides is 1. The van der Waals surface area contributed by atoms with Crippen LogP contribution in [0.3, 0.4) is 0 Å². The molecule has 4 heteroatoms. The molecular formula is C18H30N2O2. The van der Waals surface area contributed by atoms with E-state index in [0.29, 0.717) is 18.5 Å². The van der Waals surface area contributed by atoms with E-state index in [9.17, 15) is 4.79 Å². The molecule has 4 nitrogen and oxygen atoms in total. The number of benzene rings is 1. The lowest BCUT2D eigenvalue weighted by Gasteiger charge is -2.26. The number of hydrogen-bond acceptors (Lipinski definition) is 3. The zero-order chi connectivity index (χ0) is 16.8. The Hall–Kier alpha value is -1.55. The minimum atomic E-state index is -0.496. The Kier molecular flexibility index (Phi) is 6.88. The molecule has 124 valence electrons. The maximum absolute atomic E-state index is 12.1. The Bertz CT molecular complexity index is 452. The van der Waals surface area contributed by atoms with Gasteiger partial charge in [0.15, 0.2) is 0 Å². The summed E-state index contributed by atoms with van der Waals surface area (Å²) in [5.74, 6) is 0.540. The fraction of sp³-hybridized carbons (Fsp3) is 0.611. The zero-order valence-electron chi connectivity index (χ0n) is 14.6. The molecule has 0 saturated carbocycles. The van der Waals surface area contributed by atoms with Crippen LogP contribution in [-0.2, 0) is 4.74 Å². The number of nitrogens with one attached hydrogen (secondary N) is 2. The third kappa shape index (κ3) is 6.94. The van der Waals surface area contributed by atoms with E-state index in [1.54, 1.807) is 0 Å². The van der Waals surface area contributed by atoms with Gasteiger partial charge in [-0.1, -0.05) is 44.2 Å². The number of hydrogen-bond donors (Lipinski definition) is 2. The van der Waals surface area contributed by atoms with Crippen LogP contribution in [0.1, 0.15) is 53.1 Å². The van der Waals surface area contributed by atoms with Crippen LogP contribution in [-0.4, -0.2) is 24.3 Å². The van der Waals surface area contributed by atoms with Gasteiger partial charge in [-0.3, -0.25) is 0 Å². The quantitative estimate of drug-likeness (QED) is 0.838. The normalized spacial score (nSPS) is 14.5. The Morgan fingerprint density at radius 3 is 2.23 bits per heavy atom. The molecule has 0 spiro atoms. The summed E-state index contributed by atoms with van der Waals surface area (Å²) in [6.45, 7) is 12.8. The van der Waals surface area contributed by atoms with Crippen molar-refractivity contribution < 1.29 is 9.53 Å². The molecule has 1 rings (SSSR count). The smallest absolute Gasteiger partial charge is 0.408 e. The summed E-state index contributed by atoms with van der Waals surface area (Å²) in [6.07, 6.45) is -0.389. The molecular weight excluding hydrogens is 276 g/mol. The van der Waals surface area contributed by atoms with Gasteiger partial charge in [0.1, 0.15) is 5.60 Å². The van der Waals surface area contributed by atoms with Gasteiger partial charge in [-0.05, 0) is 39.2 Å². The largest absolute Gasteiger partial charge is 0.444 e. The monoisotopic (exact) mass is 306 g/mol. The minimum absolute atomic E-state index is 0.114. The van der Waals surface area contributed by atoms with Gasteiger partial charge in [0.2, 0.25) is 0 Å². The van der Waals surface area contributed by atoms with Crippen LogP contribution in [0.15, 0.2) is 30.3 Å². The lowest BCUT2D eigenvalue weighted by atomic mass is 10.0. The van der Waals surface area contributed by atoms with Crippen LogP contribution in [0.25, 0.3) is 0 Å². The lowest BCUT2D eigenvalue weighted by molar-refractivity contribution is 0.0502. The van der Waals surface area contributed by atoms with Crippen LogP contribution < -0.4 is 10.6 Å². The molecule has 1 aromatic rings. The highest BCUT2D eigenvalue weighted by Crippen LogP contribution is 2.14. The number of alkyl carbamates (subject to hydrolysis) is 1. The van der Waals surface area contributed by atoms with Crippen LogP contribution in [0.5, 0.6) is 0 Å². The highest BCUT2D eigenvalue weighted by Gasteiger charge is 2.21. The predicted molar refractivity (Wildman–Crippen MR) is 90.9 cm³/mol. The van der Waals surface area contributed by atoms with Gasteiger partial charge in [-0.25, -0.2) is 4.79 Å². The molecule has 2 atom stereocenters. The van der Waals surface area contributed by atoms with Gasteiger partial charge >= 0.3 is 6.09 Å². The van der Waals surface area contributed by atoms with Gasteiger partial charge in [0, 0.05) is 12.6 Å². The second kappa shape index (κ2) is 8.18. The van der Waals surface area contributed by atoms with Gasteiger partial charge in [-0.15, -0.1) is 0 Å². The van der Waals surface area contributed by atoms with Crippen LogP contribution >= 0.6 is 0 Å². The van der Waals surface area contributed by atoms with Crippen molar-refractivity contribution in [2.24, 2.45) is 5.92 Å². The maximum atomic E-state index is 12.1. The third-order valence-corrected chi connectivity index (χ3v) is 3.54. The standard InChI is InChI=1S/C18H30N2O2/c1-13(2)14(3)19-12-16(15-10-8-7-9-11-15)20-17(21)22-18(4,5)6/h7-11,13-14,16,19H,12H2,1-6H3,(H,20,21). The molecule has 1 amide bonds. The molecule has 2 N–H and O–H groups in total. The average Bonchev–Trinajstić information content (AvgIpc) is 2.41. The molecule has 0 radical (unpaired) electrons. The molecule has 0 aliphatic carbocycles. The first-order valence-electron chi connectivity index (χ1n) is 7.97. The Balaban J connectivity index is 2.73. The molecule has 0 aliphatic heterocycles. The van der Waals surface area contributed by atoms with E-state index in [0.717, 1.165) is 5.56 Å². The first kappa shape index (κ1) is 18.5. The van der Waals surface area contributed by atoms with Crippen LogP contribution in [0, 0.1) is 5.92 Å².